The summed E-state index contributed by atoms with van der Waals surface area (Å²) >= 11 is 0. The standard InChI is InChI=1S/C22H23N5O3/c1-12-6-5-7-15(10-12)21-25-22-24-13(2)18(20(23)28)19(27(22)26-21)14-8-9-16(29-3)17(11-14)30-4/h5-11,19H,1-4H3,(H2,23,28)(H,24,25,26)/t19-/m1/s1. The van der Waals surface area contributed by atoms with Gasteiger partial charge in [-0.3, -0.25) is 4.79 Å². The molecule has 0 bridgehead atoms. The molecule has 1 aromatic heterocycles. The average Bonchev–Trinajstić information content (AvgIpc) is 3.15. The zero-order valence-corrected chi connectivity index (χ0v) is 17.3. The number of carbonyl (C=O) groups is 1. The molecule has 8 nitrogen and oxygen atoms in total. The van der Waals surface area contributed by atoms with Crippen molar-refractivity contribution in [2.24, 2.45) is 5.73 Å². The van der Waals surface area contributed by atoms with Crippen LogP contribution in [0.25, 0.3) is 11.4 Å². The molecule has 1 aliphatic heterocycles. The number of aryl methyl sites for hydroxylation is 1. The van der Waals surface area contributed by atoms with Crippen molar-refractivity contribution in [3.8, 4) is 22.9 Å². The van der Waals surface area contributed by atoms with Crippen molar-refractivity contribution < 1.29 is 14.3 Å². The molecule has 1 atom stereocenters. The first kappa shape index (κ1) is 19.5. The number of rotatable bonds is 5. The number of primary amides is 1. The fourth-order valence-corrected chi connectivity index (χ4v) is 3.71. The molecule has 0 saturated heterocycles. The number of hydrogen-bond donors (Lipinski definition) is 2. The van der Waals surface area contributed by atoms with Gasteiger partial charge in [0.25, 0.3) is 0 Å². The molecule has 0 fully saturated rings. The van der Waals surface area contributed by atoms with Crippen LogP contribution in [0.2, 0.25) is 0 Å². The van der Waals surface area contributed by atoms with Crippen LogP contribution in [-0.4, -0.2) is 34.9 Å². The first-order valence-corrected chi connectivity index (χ1v) is 9.46. The molecule has 8 heteroatoms. The Hall–Kier alpha value is -3.81. The first-order chi connectivity index (χ1) is 14.4. The Morgan fingerprint density at radius 2 is 1.87 bits per heavy atom. The number of anilines is 1. The molecular formula is C22H23N5O3. The second-order valence-electron chi connectivity index (χ2n) is 7.12. The fourth-order valence-electron chi connectivity index (χ4n) is 3.71. The van der Waals surface area contributed by atoms with E-state index in [4.69, 9.17) is 20.3 Å². The van der Waals surface area contributed by atoms with E-state index in [2.05, 4.69) is 10.3 Å². The minimum atomic E-state index is -0.551. The van der Waals surface area contributed by atoms with Crippen LogP contribution in [0.15, 0.2) is 53.7 Å². The molecule has 1 amide bonds. The molecule has 0 saturated carbocycles. The van der Waals surface area contributed by atoms with Crippen molar-refractivity contribution in [3.63, 3.8) is 0 Å². The number of nitrogens with one attached hydrogen (secondary N) is 1. The van der Waals surface area contributed by atoms with E-state index >= 15 is 0 Å². The maximum Gasteiger partial charge on any atom is 0.248 e. The highest BCUT2D eigenvalue weighted by atomic mass is 16.5. The zero-order chi connectivity index (χ0) is 21.4. The predicted molar refractivity (Wildman–Crippen MR) is 113 cm³/mol. The van der Waals surface area contributed by atoms with Gasteiger partial charge in [-0.05, 0) is 37.6 Å². The summed E-state index contributed by atoms with van der Waals surface area (Å²) in [6.45, 7) is 3.82. The van der Waals surface area contributed by atoms with Crippen LogP contribution in [0.1, 0.15) is 24.1 Å². The molecule has 1 aliphatic rings. The van der Waals surface area contributed by atoms with Gasteiger partial charge < -0.3 is 20.5 Å². The zero-order valence-electron chi connectivity index (χ0n) is 17.3. The number of amides is 1. The molecule has 154 valence electrons. The monoisotopic (exact) mass is 405 g/mol. The molecule has 2 aromatic carbocycles. The molecule has 3 N–H and O–H groups in total. The van der Waals surface area contributed by atoms with Crippen LogP contribution in [0, 0.1) is 6.92 Å². The Labute approximate surface area is 174 Å². The highest BCUT2D eigenvalue weighted by molar-refractivity contribution is 5.95. The second kappa shape index (κ2) is 7.55. The van der Waals surface area contributed by atoms with E-state index in [0.29, 0.717) is 34.5 Å². The van der Waals surface area contributed by atoms with Crippen molar-refractivity contribution in [1.82, 2.24) is 14.8 Å². The van der Waals surface area contributed by atoms with Crippen molar-refractivity contribution in [2.75, 3.05) is 19.5 Å². The lowest BCUT2D eigenvalue weighted by molar-refractivity contribution is -0.115. The van der Waals surface area contributed by atoms with Crippen LogP contribution in [-0.2, 0) is 4.79 Å². The third kappa shape index (κ3) is 3.26. The van der Waals surface area contributed by atoms with Crippen molar-refractivity contribution in [2.45, 2.75) is 19.9 Å². The third-order valence-corrected chi connectivity index (χ3v) is 5.12. The summed E-state index contributed by atoms with van der Waals surface area (Å²) in [7, 11) is 3.14. The molecule has 30 heavy (non-hydrogen) atoms. The van der Waals surface area contributed by atoms with Gasteiger partial charge in [-0.2, -0.15) is 4.98 Å². The molecule has 4 rings (SSSR count). The second-order valence-corrected chi connectivity index (χ2v) is 7.12. The summed E-state index contributed by atoms with van der Waals surface area (Å²) in [5.41, 5.74) is 9.58. The Morgan fingerprint density at radius 1 is 1.10 bits per heavy atom. The topological polar surface area (TPSA) is 104 Å². The number of nitrogens with two attached hydrogens (primary N) is 1. The largest absolute Gasteiger partial charge is 0.493 e. The number of allylic oxidation sites excluding steroid dienone is 1. The van der Waals surface area contributed by atoms with Gasteiger partial charge in [0.15, 0.2) is 17.3 Å². The minimum Gasteiger partial charge on any atom is -0.493 e. The van der Waals surface area contributed by atoms with Gasteiger partial charge >= 0.3 is 0 Å². The quantitative estimate of drug-likeness (QED) is 0.676. The normalized spacial score (nSPS) is 15.4. The summed E-state index contributed by atoms with van der Waals surface area (Å²) in [4.78, 5) is 17.0. The van der Waals surface area contributed by atoms with Crippen LogP contribution in [0.4, 0.5) is 5.95 Å². The van der Waals surface area contributed by atoms with E-state index in [-0.39, 0.29) is 0 Å². The summed E-state index contributed by atoms with van der Waals surface area (Å²) in [5.74, 6) is 1.71. The minimum absolute atomic E-state index is 0.412. The lowest BCUT2D eigenvalue weighted by atomic mass is 9.95. The summed E-state index contributed by atoms with van der Waals surface area (Å²) in [6.07, 6.45) is 0. The molecule has 3 aromatic rings. The van der Waals surface area contributed by atoms with E-state index in [9.17, 15) is 4.79 Å². The fraction of sp³-hybridized carbons (Fsp3) is 0.227. The van der Waals surface area contributed by atoms with Crippen LogP contribution >= 0.6 is 0 Å². The third-order valence-electron chi connectivity index (χ3n) is 5.12. The van der Waals surface area contributed by atoms with Gasteiger partial charge in [-0.1, -0.05) is 29.8 Å². The summed E-state index contributed by atoms with van der Waals surface area (Å²) < 4.78 is 12.5. The molecular weight excluding hydrogens is 382 g/mol. The number of ether oxygens (including phenoxy) is 2. The molecule has 2 heterocycles. The van der Waals surface area contributed by atoms with Gasteiger partial charge in [0, 0.05) is 11.3 Å². The van der Waals surface area contributed by atoms with E-state index in [1.807, 2.05) is 43.3 Å². The Bertz CT molecular complexity index is 1170. The summed E-state index contributed by atoms with van der Waals surface area (Å²) in [5, 5.41) is 7.87. The lowest BCUT2D eigenvalue weighted by Crippen LogP contribution is -2.31. The lowest BCUT2D eigenvalue weighted by Gasteiger charge is -2.28. The number of hydrogen-bond acceptors (Lipinski definition) is 6. The number of nitrogens with zero attached hydrogens (tertiary/aromatic N) is 3. The summed E-state index contributed by atoms with van der Waals surface area (Å²) in [6, 6.07) is 12.9. The van der Waals surface area contributed by atoms with Crippen molar-refractivity contribution >= 4 is 11.9 Å². The van der Waals surface area contributed by atoms with Gasteiger partial charge in [0.2, 0.25) is 11.9 Å². The maximum atomic E-state index is 12.4. The molecule has 0 spiro atoms. The van der Waals surface area contributed by atoms with E-state index < -0.39 is 11.9 Å². The van der Waals surface area contributed by atoms with Crippen LogP contribution < -0.4 is 20.5 Å². The molecule has 0 radical (unpaired) electrons. The van der Waals surface area contributed by atoms with Gasteiger partial charge in [0.1, 0.15) is 6.04 Å². The first-order valence-electron chi connectivity index (χ1n) is 9.46. The Morgan fingerprint density at radius 3 is 2.53 bits per heavy atom. The van der Waals surface area contributed by atoms with E-state index in [1.165, 1.54) is 0 Å². The highest BCUT2D eigenvalue weighted by Crippen LogP contribution is 2.39. The van der Waals surface area contributed by atoms with Crippen LogP contribution in [0.3, 0.4) is 0 Å². The average molecular weight is 405 g/mol. The smallest absolute Gasteiger partial charge is 0.248 e. The number of methoxy groups -OCH3 is 2. The molecule has 0 aliphatic carbocycles. The highest BCUT2D eigenvalue weighted by Gasteiger charge is 2.34. The SMILES string of the molecule is COc1ccc([C@@H]2C(C(N)=O)=C(C)Nc3nc(-c4cccc(C)c4)nn32)cc1OC. The van der Waals surface area contributed by atoms with E-state index in [1.54, 1.807) is 31.9 Å². The van der Waals surface area contributed by atoms with Gasteiger partial charge in [-0.25, -0.2) is 4.68 Å². The Balaban J connectivity index is 1.89. The number of carbonyl (C=O) groups excluding carboxylic acids is 1. The van der Waals surface area contributed by atoms with E-state index in [0.717, 1.165) is 16.7 Å². The Kier molecular flexibility index (Phi) is 4.91. The number of fused-ring (bicyclic) bond motifs is 1. The predicted octanol–water partition coefficient (Wildman–Crippen LogP) is 3.04. The van der Waals surface area contributed by atoms with Crippen molar-refractivity contribution in [1.29, 1.82) is 0 Å². The van der Waals surface area contributed by atoms with Gasteiger partial charge in [0.05, 0.1) is 19.8 Å². The van der Waals surface area contributed by atoms with Gasteiger partial charge in [-0.15, -0.1) is 5.10 Å². The van der Waals surface area contributed by atoms with Crippen LogP contribution in [0.5, 0.6) is 11.5 Å². The maximum absolute atomic E-state index is 12.4. The molecule has 0 unspecified atom stereocenters. The number of benzene rings is 2. The van der Waals surface area contributed by atoms with Crippen molar-refractivity contribution in [3.05, 3.63) is 64.9 Å². The number of aromatic nitrogens is 3.